The zero-order valence-electron chi connectivity index (χ0n) is 15.4. The molecule has 1 saturated carbocycles. The SMILES string of the molecule is CCN1CCC(CNC2CCCC2CNC(=O)OC(C)(C)C)C1. The van der Waals surface area contributed by atoms with E-state index in [1.807, 2.05) is 20.8 Å². The average Bonchev–Trinajstić information content (AvgIpc) is 3.10. The second kappa shape index (κ2) is 8.34. The highest BCUT2D eigenvalue weighted by Gasteiger charge is 2.29. The second-order valence-corrected chi connectivity index (χ2v) is 8.14. The van der Waals surface area contributed by atoms with Gasteiger partial charge >= 0.3 is 6.09 Å². The van der Waals surface area contributed by atoms with Gasteiger partial charge in [0.25, 0.3) is 0 Å². The Morgan fingerprint density at radius 3 is 2.65 bits per heavy atom. The van der Waals surface area contributed by atoms with E-state index in [-0.39, 0.29) is 6.09 Å². The summed E-state index contributed by atoms with van der Waals surface area (Å²) >= 11 is 0. The van der Waals surface area contributed by atoms with E-state index in [2.05, 4.69) is 22.5 Å². The van der Waals surface area contributed by atoms with E-state index < -0.39 is 5.60 Å². The molecule has 1 aliphatic carbocycles. The number of likely N-dealkylation sites (tertiary alicyclic amines) is 1. The van der Waals surface area contributed by atoms with Crippen LogP contribution in [-0.4, -0.2) is 55.4 Å². The summed E-state index contributed by atoms with van der Waals surface area (Å²) in [4.78, 5) is 14.3. The molecule has 1 saturated heterocycles. The minimum Gasteiger partial charge on any atom is -0.444 e. The topological polar surface area (TPSA) is 53.6 Å². The van der Waals surface area contributed by atoms with Crippen LogP contribution in [0.2, 0.25) is 0 Å². The van der Waals surface area contributed by atoms with Gasteiger partial charge in [0.1, 0.15) is 5.60 Å². The van der Waals surface area contributed by atoms with Gasteiger partial charge in [-0.05, 0) is 71.5 Å². The van der Waals surface area contributed by atoms with Gasteiger partial charge in [0.15, 0.2) is 0 Å². The van der Waals surface area contributed by atoms with E-state index >= 15 is 0 Å². The molecule has 5 nitrogen and oxygen atoms in total. The molecule has 2 N–H and O–H groups in total. The van der Waals surface area contributed by atoms with Crippen LogP contribution in [-0.2, 0) is 4.74 Å². The van der Waals surface area contributed by atoms with Crippen molar-refractivity contribution in [2.45, 2.75) is 65.0 Å². The molecule has 0 radical (unpaired) electrons. The molecule has 0 aromatic heterocycles. The van der Waals surface area contributed by atoms with Crippen LogP contribution in [0.3, 0.4) is 0 Å². The fourth-order valence-corrected chi connectivity index (χ4v) is 3.76. The van der Waals surface area contributed by atoms with Gasteiger partial charge in [0.2, 0.25) is 0 Å². The number of carbonyl (C=O) groups excluding carboxylic acids is 1. The summed E-state index contributed by atoms with van der Waals surface area (Å²) in [6.07, 6.45) is 4.69. The van der Waals surface area contributed by atoms with Crippen molar-refractivity contribution < 1.29 is 9.53 Å². The molecule has 3 atom stereocenters. The number of ether oxygens (including phenoxy) is 1. The lowest BCUT2D eigenvalue weighted by Crippen LogP contribution is -2.42. The van der Waals surface area contributed by atoms with Gasteiger partial charge < -0.3 is 20.3 Å². The Balaban J connectivity index is 1.68. The molecule has 1 aliphatic heterocycles. The minimum absolute atomic E-state index is 0.294. The number of carbonyl (C=O) groups is 1. The first-order valence-corrected chi connectivity index (χ1v) is 9.30. The van der Waals surface area contributed by atoms with Crippen LogP contribution in [0, 0.1) is 11.8 Å². The first-order chi connectivity index (χ1) is 10.9. The van der Waals surface area contributed by atoms with Gasteiger partial charge in [-0.15, -0.1) is 0 Å². The first-order valence-electron chi connectivity index (χ1n) is 9.30. The number of amides is 1. The monoisotopic (exact) mass is 325 g/mol. The molecule has 0 aromatic carbocycles. The van der Waals surface area contributed by atoms with Crippen molar-refractivity contribution in [2.75, 3.05) is 32.7 Å². The van der Waals surface area contributed by atoms with Crippen molar-refractivity contribution in [3.8, 4) is 0 Å². The standard InChI is InChI=1S/C18H35N3O2/c1-5-21-10-9-14(13-21)11-19-16-8-6-7-15(16)12-20-17(22)23-18(2,3)4/h14-16,19H,5-13H2,1-4H3,(H,20,22). The van der Waals surface area contributed by atoms with Gasteiger partial charge in [-0.2, -0.15) is 0 Å². The Morgan fingerprint density at radius 1 is 1.22 bits per heavy atom. The van der Waals surface area contributed by atoms with Crippen LogP contribution in [0.4, 0.5) is 4.79 Å². The second-order valence-electron chi connectivity index (χ2n) is 8.14. The molecule has 2 aliphatic rings. The molecule has 3 unspecified atom stereocenters. The smallest absolute Gasteiger partial charge is 0.407 e. The van der Waals surface area contributed by atoms with Crippen molar-refractivity contribution >= 4 is 6.09 Å². The third-order valence-electron chi connectivity index (χ3n) is 5.05. The molecule has 2 fully saturated rings. The highest BCUT2D eigenvalue weighted by atomic mass is 16.6. The molecule has 5 heteroatoms. The van der Waals surface area contributed by atoms with Crippen LogP contribution in [0.5, 0.6) is 0 Å². The molecule has 23 heavy (non-hydrogen) atoms. The molecule has 0 aromatic rings. The molecule has 1 amide bonds. The van der Waals surface area contributed by atoms with Gasteiger partial charge in [-0.25, -0.2) is 4.79 Å². The molecule has 0 spiro atoms. The Labute approximate surface area is 141 Å². The third kappa shape index (κ3) is 6.30. The maximum atomic E-state index is 11.8. The van der Waals surface area contributed by atoms with E-state index in [4.69, 9.17) is 4.74 Å². The fraction of sp³-hybridized carbons (Fsp3) is 0.944. The Morgan fingerprint density at radius 2 is 2.00 bits per heavy atom. The lowest BCUT2D eigenvalue weighted by molar-refractivity contribution is 0.0517. The van der Waals surface area contributed by atoms with Crippen LogP contribution in [0.1, 0.15) is 53.4 Å². The Bertz CT molecular complexity index is 381. The first kappa shape index (κ1) is 18.5. The van der Waals surface area contributed by atoms with Crippen molar-refractivity contribution in [1.82, 2.24) is 15.5 Å². The molecule has 134 valence electrons. The molecular formula is C18H35N3O2. The number of hydrogen-bond acceptors (Lipinski definition) is 4. The largest absolute Gasteiger partial charge is 0.444 e. The maximum Gasteiger partial charge on any atom is 0.407 e. The van der Waals surface area contributed by atoms with Crippen molar-refractivity contribution in [2.24, 2.45) is 11.8 Å². The van der Waals surface area contributed by atoms with Crippen LogP contribution >= 0.6 is 0 Å². The third-order valence-corrected chi connectivity index (χ3v) is 5.05. The van der Waals surface area contributed by atoms with E-state index in [9.17, 15) is 4.79 Å². The van der Waals surface area contributed by atoms with Gasteiger partial charge in [0, 0.05) is 19.1 Å². The highest BCUT2D eigenvalue weighted by Crippen LogP contribution is 2.26. The fourth-order valence-electron chi connectivity index (χ4n) is 3.76. The summed E-state index contributed by atoms with van der Waals surface area (Å²) in [5.41, 5.74) is -0.426. The molecular weight excluding hydrogens is 290 g/mol. The number of hydrogen-bond donors (Lipinski definition) is 2. The van der Waals surface area contributed by atoms with Gasteiger partial charge in [0.05, 0.1) is 0 Å². The van der Waals surface area contributed by atoms with Crippen LogP contribution < -0.4 is 10.6 Å². The molecule has 1 heterocycles. The van der Waals surface area contributed by atoms with Crippen molar-refractivity contribution in [1.29, 1.82) is 0 Å². The van der Waals surface area contributed by atoms with Crippen LogP contribution in [0.15, 0.2) is 0 Å². The molecule has 2 rings (SSSR count). The summed E-state index contributed by atoms with van der Waals surface area (Å²) in [5.74, 6) is 1.32. The predicted molar refractivity (Wildman–Crippen MR) is 93.6 cm³/mol. The number of rotatable bonds is 6. The Kier molecular flexibility index (Phi) is 6.72. The van der Waals surface area contributed by atoms with Crippen molar-refractivity contribution in [3.05, 3.63) is 0 Å². The lowest BCUT2D eigenvalue weighted by Gasteiger charge is -2.25. The van der Waals surface area contributed by atoms with E-state index in [1.165, 1.54) is 45.3 Å². The van der Waals surface area contributed by atoms with E-state index in [0.29, 0.717) is 12.0 Å². The molecule has 0 bridgehead atoms. The minimum atomic E-state index is -0.426. The summed E-state index contributed by atoms with van der Waals surface area (Å²) in [7, 11) is 0. The predicted octanol–water partition coefficient (Wildman–Crippen LogP) is 2.61. The normalized spacial score (nSPS) is 29.0. The highest BCUT2D eigenvalue weighted by molar-refractivity contribution is 5.67. The van der Waals surface area contributed by atoms with Gasteiger partial charge in [-0.1, -0.05) is 13.3 Å². The summed E-state index contributed by atoms with van der Waals surface area (Å²) in [5, 5.41) is 6.72. The quantitative estimate of drug-likeness (QED) is 0.788. The number of alkyl carbamates (subject to hydrolysis) is 1. The average molecular weight is 325 g/mol. The summed E-state index contributed by atoms with van der Waals surface area (Å²) in [6.45, 7) is 13.4. The van der Waals surface area contributed by atoms with E-state index in [0.717, 1.165) is 19.0 Å². The Hall–Kier alpha value is -0.810. The van der Waals surface area contributed by atoms with Crippen LogP contribution in [0.25, 0.3) is 0 Å². The maximum absolute atomic E-state index is 11.8. The van der Waals surface area contributed by atoms with Gasteiger partial charge in [-0.3, -0.25) is 0 Å². The summed E-state index contributed by atoms with van der Waals surface area (Å²) < 4.78 is 5.32. The zero-order valence-corrected chi connectivity index (χ0v) is 15.4. The van der Waals surface area contributed by atoms with Crippen molar-refractivity contribution in [3.63, 3.8) is 0 Å². The lowest BCUT2D eigenvalue weighted by atomic mass is 10.0. The van der Waals surface area contributed by atoms with E-state index in [1.54, 1.807) is 0 Å². The number of nitrogens with one attached hydrogen (secondary N) is 2. The zero-order chi connectivity index (χ0) is 16.9. The summed E-state index contributed by atoms with van der Waals surface area (Å²) in [6, 6.07) is 0.542. The number of nitrogens with zero attached hydrogens (tertiary/aromatic N) is 1.